The van der Waals surface area contributed by atoms with E-state index < -0.39 is 0 Å². The lowest BCUT2D eigenvalue weighted by molar-refractivity contribution is 0.0928. The van der Waals surface area contributed by atoms with Gasteiger partial charge in [-0.15, -0.1) is 0 Å². The molecular formula is C18H20N4O2. The molecule has 2 N–H and O–H groups in total. The van der Waals surface area contributed by atoms with Crippen molar-refractivity contribution >= 4 is 5.91 Å². The molecule has 4 rings (SSSR count). The lowest BCUT2D eigenvalue weighted by Gasteiger charge is -2.18. The first-order chi connectivity index (χ1) is 11.6. The van der Waals surface area contributed by atoms with Crippen LogP contribution in [-0.4, -0.2) is 20.9 Å². The van der Waals surface area contributed by atoms with Crippen molar-refractivity contribution in [2.45, 2.75) is 44.6 Å². The van der Waals surface area contributed by atoms with Crippen LogP contribution in [0.4, 0.5) is 0 Å². The van der Waals surface area contributed by atoms with Crippen LogP contribution in [0, 0.1) is 12.8 Å². The van der Waals surface area contributed by atoms with Gasteiger partial charge in [0.25, 0.3) is 11.5 Å². The Labute approximate surface area is 139 Å². The van der Waals surface area contributed by atoms with Gasteiger partial charge in [-0.1, -0.05) is 0 Å². The van der Waals surface area contributed by atoms with Crippen LogP contribution in [0.2, 0.25) is 0 Å². The number of nitrogens with zero attached hydrogens (tertiary/aromatic N) is 2. The minimum absolute atomic E-state index is 0.0673. The molecule has 0 spiro atoms. The summed E-state index contributed by atoms with van der Waals surface area (Å²) in [5.41, 5.74) is 1.66. The third kappa shape index (κ3) is 3.09. The highest BCUT2D eigenvalue weighted by atomic mass is 16.2. The molecule has 2 fully saturated rings. The average Bonchev–Trinajstić information content (AvgIpc) is 3.45. The summed E-state index contributed by atoms with van der Waals surface area (Å²) in [5.74, 6) is 1.05. The van der Waals surface area contributed by atoms with Gasteiger partial charge in [0.05, 0.1) is 11.7 Å². The first kappa shape index (κ1) is 15.1. The molecule has 2 heterocycles. The molecule has 6 nitrogen and oxygen atoms in total. The van der Waals surface area contributed by atoms with Crippen molar-refractivity contribution in [1.82, 2.24) is 20.3 Å². The molecule has 6 heteroatoms. The molecule has 0 aliphatic heterocycles. The van der Waals surface area contributed by atoms with Crippen molar-refractivity contribution in [2.24, 2.45) is 5.92 Å². The number of rotatable bonds is 5. The maximum Gasteiger partial charge on any atom is 0.263 e. The molecule has 1 amide bonds. The fraction of sp³-hybridized carbons (Fsp3) is 0.444. The number of carbonyl (C=O) groups excluding carboxylic acids is 1. The van der Waals surface area contributed by atoms with E-state index in [0.29, 0.717) is 17.7 Å². The van der Waals surface area contributed by atoms with Crippen LogP contribution in [0.5, 0.6) is 0 Å². The Morgan fingerprint density at radius 1 is 1.29 bits per heavy atom. The number of pyridine rings is 1. The van der Waals surface area contributed by atoms with Gasteiger partial charge < -0.3 is 10.3 Å². The molecular weight excluding hydrogens is 304 g/mol. The van der Waals surface area contributed by atoms with Gasteiger partial charge in [-0.2, -0.15) is 0 Å². The number of aromatic amines is 1. The monoisotopic (exact) mass is 324 g/mol. The SMILES string of the molecule is Cc1ccnc(C(NC(=O)c2cnc(C3CC3)[nH]c2=O)C2CC2)c1. The normalized spacial score (nSPS) is 18.2. The molecule has 24 heavy (non-hydrogen) atoms. The summed E-state index contributed by atoms with van der Waals surface area (Å²) < 4.78 is 0. The van der Waals surface area contributed by atoms with Crippen LogP contribution >= 0.6 is 0 Å². The highest BCUT2D eigenvalue weighted by Crippen LogP contribution is 2.40. The van der Waals surface area contributed by atoms with E-state index in [1.807, 2.05) is 19.1 Å². The van der Waals surface area contributed by atoms with Gasteiger partial charge in [0.15, 0.2) is 0 Å². The zero-order chi connectivity index (χ0) is 16.7. The summed E-state index contributed by atoms with van der Waals surface area (Å²) in [7, 11) is 0. The number of hydrogen-bond acceptors (Lipinski definition) is 4. The van der Waals surface area contributed by atoms with Gasteiger partial charge in [-0.05, 0) is 56.2 Å². The van der Waals surface area contributed by atoms with Crippen molar-refractivity contribution in [1.29, 1.82) is 0 Å². The molecule has 2 aliphatic rings. The molecule has 2 aromatic rings. The van der Waals surface area contributed by atoms with Crippen molar-refractivity contribution in [3.8, 4) is 0 Å². The zero-order valence-corrected chi connectivity index (χ0v) is 13.6. The molecule has 0 radical (unpaired) electrons. The maximum atomic E-state index is 12.6. The van der Waals surface area contributed by atoms with Gasteiger partial charge >= 0.3 is 0 Å². The van der Waals surface area contributed by atoms with Crippen LogP contribution in [0.25, 0.3) is 0 Å². The van der Waals surface area contributed by atoms with Crippen molar-refractivity contribution in [3.63, 3.8) is 0 Å². The van der Waals surface area contributed by atoms with Crippen LogP contribution in [-0.2, 0) is 0 Å². The van der Waals surface area contributed by atoms with Crippen LogP contribution in [0.3, 0.4) is 0 Å². The quantitative estimate of drug-likeness (QED) is 0.883. The Morgan fingerprint density at radius 3 is 2.71 bits per heavy atom. The van der Waals surface area contributed by atoms with Crippen LogP contribution in [0.1, 0.15) is 65.1 Å². The third-order valence-corrected chi connectivity index (χ3v) is 4.66. The maximum absolute atomic E-state index is 12.6. The Bertz CT molecular complexity index is 837. The van der Waals surface area contributed by atoms with E-state index in [4.69, 9.17) is 0 Å². The minimum atomic E-state index is -0.383. The lowest BCUT2D eigenvalue weighted by atomic mass is 10.1. The Hall–Kier alpha value is -2.50. The van der Waals surface area contributed by atoms with E-state index >= 15 is 0 Å². The van der Waals surface area contributed by atoms with Crippen molar-refractivity contribution < 1.29 is 4.79 Å². The zero-order valence-electron chi connectivity index (χ0n) is 13.6. The number of H-pyrrole nitrogens is 1. The van der Waals surface area contributed by atoms with Gasteiger partial charge in [0.1, 0.15) is 11.4 Å². The van der Waals surface area contributed by atoms with Gasteiger partial charge in [0.2, 0.25) is 0 Å². The largest absolute Gasteiger partial charge is 0.343 e. The number of carbonyl (C=O) groups is 1. The molecule has 124 valence electrons. The van der Waals surface area contributed by atoms with Gasteiger partial charge in [-0.3, -0.25) is 14.6 Å². The van der Waals surface area contributed by atoms with E-state index in [-0.39, 0.29) is 23.1 Å². The first-order valence-electron chi connectivity index (χ1n) is 8.44. The van der Waals surface area contributed by atoms with Crippen LogP contribution < -0.4 is 10.9 Å². The molecule has 2 aliphatic carbocycles. The van der Waals surface area contributed by atoms with E-state index in [2.05, 4.69) is 20.3 Å². The number of aryl methyl sites for hydroxylation is 1. The third-order valence-electron chi connectivity index (χ3n) is 4.66. The van der Waals surface area contributed by atoms with Gasteiger partial charge in [0, 0.05) is 18.3 Å². The minimum Gasteiger partial charge on any atom is -0.343 e. The molecule has 1 unspecified atom stereocenters. The highest BCUT2D eigenvalue weighted by Gasteiger charge is 2.35. The molecule has 1 atom stereocenters. The number of aromatic nitrogens is 3. The summed E-state index contributed by atoms with van der Waals surface area (Å²) in [4.78, 5) is 36.2. The number of hydrogen-bond donors (Lipinski definition) is 2. The molecule has 0 bridgehead atoms. The highest BCUT2D eigenvalue weighted by molar-refractivity contribution is 5.93. The summed E-state index contributed by atoms with van der Waals surface area (Å²) in [6.07, 6.45) is 7.39. The Kier molecular flexibility index (Phi) is 3.67. The Morgan fingerprint density at radius 2 is 2.08 bits per heavy atom. The van der Waals surface area contributed by atoms with E-state index in [0.717, 1.165) is 36.9 Å². The van der Waals surface area contributed by atoms with Gasteiger partial charge in [-0.25, -0.2) is 4.98 Å². The Balaban J connectivity index is 1.56. The predicted molar refractivity (Wildman–Crippen MR) is 88.7 cm³/mol. The number of amides is 1. The van der Waals surface area contributed by atoms with Crippen molar-refractivity contribution in [3.05, 3.63) is 57.5 Å². The summed E-state index contributed by atoms with van der Waals surface area (Å²) >= 11 is 0. The molecule has 2 aromatic heterocycles. The fourth-order valence-electron chi connectivity index (χ4n) is 2.95. The summed E-state index contributed by atoms with van der Waals surface area (Å²) in [6.45, 7) is 2.00. The standard InChI is InChI=1S/C18H20N4O2/c1-10-6-7-19-14(8-10)15(11-2-3-11)21-17(23)13-9-20-16(12-4-5-12)22-18(13)24/h6-9,11-12,15H,2-5H2,1H3,(H,21,23)(H,20,22,24). The van der Waals surface area contributed by atoms with E-state index in [1.165, 1.54) is 6.20 Å². The lowest BCUT2D eigenvalue weighted by Crippen LogP contribution is -2.34. The topological polar surface area (TPSA) is 87.7 Å². The predicted octanol–water partition coefficient (Wildman–Crippen LogP) is 2.23. The second-order valence-electron chi connectivity index (χ2n) is 6.83. The summed E-state index contributed by atoms with van der Waals surface area (Å²) in [5, 5.41) is 2.98. The van der Waals surface area contributed by atoms with E-state index in [9.17, 15) is 9.59 Å². The second kappa shape index (κ2) is 5.85. The first-order valence-corrected chi connectivity index (χ1v) is 8.44. The van der Waals surface area contributed by atoms with E-state index in [1.54, 1.807) is 6.20 Å². The smallest absolute Gasteiger partial charge is 0.263 e. The molecule has 0 aromatic carbocycles. The summed E-state index contributed by atoms with van der Waals surface area (Å²) in [6, 6.07) is 3.77. The molecule has 0 saturated heterocycles. The van der Waals surface area contributed by atoms with Crippen LogP contribution in [0.15, 0.2) is 29.3 Å². The fourth-order valence-corrected chi connectivity index (χ4v) is 2.95. The average molecular weight is 324 g/mol. The second-order valence-corrected chi connectivity index (χ2v) is 6.83. The molecule has 2 saturated carbocycles. The van der Waals surface area contributed by atoms with Crippen molar-refractivity contribution in [2.75, 3.05) is 0 Å². The number of nitrogens with one attached hydrogen (secondary N) is 2.